The highest BCUT2D eigenvalue weighted by molar-refractivity contribution is 5.88. The Balaban J connectivity index is 2.23. The van der Waals surface area contributed by atoms with Gasteiger partial charge in [-0.05, 0) is 102 Å². The normalized spacial score (nSPS) is 13.6. The maximum Gasteiger partial charge on any atom is 0.0346 e. The van der Waals surface area contributed by atoms with Crippen molar-refractivity contribution in [1.29, 1.82) is 0 Å². The van der Waals surface area contributed by atoms with Crippen LogP contribution in [0, 0.1) is 6.92 Å². The van der Waals surface area contributed by atoms with E-state index in [1.165, 1.54) is 44.5 Å². The smallest absolute Gasteiger partial charge is 0.0346 e. The van der Waals surface area contributed by atoms with Crippen molar-refractivity contribution >= 4 is 5.57 Å². The Morgan fingerprint density at radius 3 is 2.47 bits per heavy atom. The number of nitrogens with zero attached hydrogens (tertiary/aromatic N) is 1. The second kappa shape index (κ2) is 11.6. The summed E-state index contributed by atoms with van der Waals surface area (Å²) < 4.78 is 0. The average molecular weight is 448 g/mol. The topological polar surface area (TPSA) is 12.9 Å². The minimum absolute atomic E-state index is 0.472. The molecule has 0 N–H and O–H groups in total. The molecule has 1 unspecified atom stereocenters. The lowest BCUT2D eigenvalue weighted by Gasteiger charge is -2.21. The van der Waals surface area contributed by atoms with Crippen molar-refractivity contribution in [2.24, 2.45) is 0 Å². The summed E-state index contributed by atoms with van der Waals surface area (Å²) in [4.78, 5) is 4.39. The highest BCUT2D eigenvalue weighted by atomic mass is 14.6. The molecule has 0 aliphatic carbocycles. The molecule has 0 saturated heterocycles. The minimum atomic E-state index is 0.472. The van der Waals surface area contributed by atoms with E-state index < -0.39 is 0 Å². The van der Waals surface area contributed by atoms with E-state index >= 15 is 0 Å². The van der Waals surface area contributed by atoms with E-state index in [1.54, 1.807) is 0 Å². The summed E-state index contributed by atoms with van der Waals surface area (Å²) in [5.41, 5.74) is 12.5. The third-order valence-electron chi connectivity index (χ3n) is 6.79. The molecule has 0 amide bonds. The van der Waals surface area contributed by atoms with Gasteiger partial charge in [-0.3, -0.25) is 4.98 Å². The average Bonchev–Trinajstić information content (AvgIpc) is 2.88. The van der Waals surface area contributed by atoms with Gasteiger partial charge in [-0.25, -0.2) is 0 Å². The zero-order valence-electron chi connectivity index (χ0n) is 21.5. The van der Waals surface area contributed by atoms with Crippen LogP contribution in [0.3, 0.4) is 0 Å². The van der Waals surface area contributed by atoms with Gasteiger partial charge in [-0.2, -0.15) is 0 Å². The first-order valence-corrected chi connectivity index (χ1v) is 12.2. The molecule has 174 valence electrons. The van der Waals surface area contributed by atoms with Crippen molar-refractivity contribution in [1.82, 2.24) is 4.98 Å². The molecule has 1 heteroatoms. The van der Waals surface area contributed by atoms with Crippen LogP contribution in [-0.2, 0) is 0 Å². The molecular formula is C33H37N. The van der Waals surface area contributed by atoms with Crippen LogP contribution in [0.1, 0.15) is 63.6 Å². The van der Waals surface area contributed by atoms with E-state index in [2.05, 4.69) is 114 Å². The molecule has 0 spiro atoms. The largest absolute Gasteiger partial charge is 0.264 e. The summed E-state index contributed by atoms with van der Waals surface area (Å²) in [6.07, 6.45) is 13.3. The number of allylic oxidation sites excluding steroid dienone is 7. The summed E-state index contributed by atoms with van der Waals surface area (Å²) in [7, 11) is 0. The monoisotopic (exact) mass is 447 g/mol. The first kappa shape index (κ1) is 25.2. The van der Waals surface area contributed by atoms with Crippen molar-refractivity contribution in [3.05, 3.63) is 120 Å². The fraction of sp³-hybridized carbons (Fsp3) is 0.242. The van der Waals surface area contributed by atoms with Crippen LogP contribution in [0.15, 0.2) is 103 Å². The maximum atomic E-state index is 4.39. The second-order valence-electron chi connectivity index (χ2n) is 9.00. The summed E-state index contributed by atoms with van der Waals surface area (Å²) in [6, 6.07) is 17.7. The van der Waals surface area contributed by atoms with Crippen molar-refractivity contribution in [2.45, 2.75) is 53.9 Å². The van der Waals surface area contributed by atoms with Crippen LogP contribution in [0.5, 0.6) is 0 Å². The lowest BCUT2D eigenvalue weighted by molar-refractivity contribution is 0.735. The molecular weight excluding hydrogens is 410 g/mol. The van der Waals surface area contributed by atoms with E-state index in [0.717, 1.165) is 17.6 Å². The highest BCUT2D eigenvalue weighted by Crippen LogP contribution is 2.40. The predicted octanol–water partition coefficient (Wildman–Crippen LogP) is 9.72. The van der Waals surface area contributed by atoms with Gasteiger partial charge >= 0.3 is 0 Å². The van der Waals surface area contributed by atoms with Gasteiger partial charge in [0.05, 0.1) is 0 Å². The summed E-state index contributed by atoms with van der Waals surface area (Å²) >= 11 is 0. The molecule has 0 fully saturated rings. The molecule has 0 aliphatic heterocycles. The Morgan fingerprint density at radius 2 is 1.82 bits per heavy atom. The van der Waals surface area contributed by atoms with E-state index in [0.29, 0.717) is 5.92 Å². The molecule has 0 radical (unpaired) electrons. The van der Waals surface area contributed by atoms with Gasteiger partial charge in [0.15, 0.2) is 0 Å². The SMILES string of the molecule is C=CC(=C/C=C(\C)c1ccc(C(C)CC)c(-c2c(C)cccc2-c2cccnc2)c1)/C(C)=C/C. The van der Waals surface area contributed by atoms with Gasteiger partial charge in [0, 0.05) is 18.0 Å². The molecule has 2 aromatic carbocycles. The van der Waals surface area contributed by atoms with Crippen LogP contribution < -0.4 is 0 Å². The number of pyridine rings is 1. The van der Waals surface area contributed by atoms with Crippen LogP contribution in [0.25, 0.3) is 27.8 Å². The molecule has 0 bridgehead atoms. The van der Waals surface area contributed by atoms with Crippen molar-refractivity contribution in [3.8, 4) is 22.3 Å². The molecule has 0 saturated carbocycles. The Labute approximate surface area is 206 Å². The maximum absolute atomic E-state index is 4.39. The first-order chi connectivity index (χ1) is 16.4. The molecule has 1 aromatic heterocycles. The second-order valence-corrected chi connectivity index (χ2v) is 9.00. The van der Waals surface area contributed by atoms with E-state index in [4.69, 9.17) is 0 Å². The molecule has 1 heterocycles. The Kier molecular flexibility index (Phi) is 8.60. The van der Waals surface area contributed by atoms with Crippen LogP contribution >= 0.6 is 0 Å². The molecule has 3 aromatic rings. The van der Waals surface area contributed by atoms with Gasteiger partial charge in [0.25, 0.3) is 0 Å². The number of aromatic nitrogens is 1. The van der Waals surface area contributed by atoms with E-state index in [9.17, 15) is 0 Å². The summed E-state index contributed by atoms with van der Waals surface area (Å²) in [6.45, 7) is 17.1. The van der Waals surface area contributed by atoms with Gasteiger partial charge in [-0.15, -0.1) is 0 Å². The molecule has 3 rings (SSSR count). The Hall–Kier alpha value is -3.45. The molecule has 1 atom stereocenters. The summed E-state index contributed by atoms with van der Waals surface area (Å²) in [5, 5.41) is 0. The molecule has 1 nitrogen and oxygen atoms in total. The van der Waals surface area contributed by atoms with Gasteiger partial charge < -0.3 is 0 Å². The van der Waals surface area contributed by atoms with Crippen LogP contribution in [0.4, 0.5) is 0 Å². The third-order valence-corrected chi connectivity index (χ3v) is 6.79. The van der Waals surface area contributed by atoms with Crippen molar-refractivity contribution in [3.63, 3.8) is 0 Å². The Bertz CT molecular complexity index is 1240. The number of hydrogen-bond acceptors (Lipinski definition) is 1. The lowest BCUT2D eigenvalue weighted by Crippen LogP contribution is -1.99. The summed E-state index contributed by atoms with van der Waals surface area (Å²) in [5.74, 6) is 0.472. The lowest BCUT2D eigenvalue weighted by atomic mass is 9.83. The van der Waals surface area contributed by atoms with Crippen molar-refractivity contribution < 1.29 is 0 Å². The first-order valence-electron chi connectivity index (χ1n) is 12.2. The standard InChI is InChI=1S/C33H37N/c1-8-23(4)27(10-3)17-16-25(6)28-18-19-30(24(5)9-2)32(21-28)33-26(7)13-11-15-31(33)29-14-12-20-34-22-29/h8,10-22,24H,3,9H2,1-2,4-7H3/b23-8+,25-16+,27-17-. The Morgan fingerprint density at radius 1 is 1.03 bits per heavy atom. The minimum Gasteiger partial charge on any atom is -0.264 e. The zero-order chi connectivity index (χ0) is 24.7. The fourth-order valence-corrected chi connectivity index (χ4v) is 4.29. The number of rotatable bonds is 8. The van der Waals surface area contributed by atoms with Gasteiger partial charge in [0.1, 0.15) is 0 Å². The van der Waals surface area contributed by atoms with Crippen molar-refractivity contribution in [2.75, 3.05) is 0 Å². The molecule has 0 aliphatic rings. The number of aryl methyl sites for hydroxylation is 1. The molecule has 34 heavy (non-hydrogen) atoms. The predicted molar refractivity (Wildman–Crippen MR) is 150 cm³/mol. The fourth-order valence-electron chi connectivity index (χ4n) is 4.29. The van der Waals surface area contributed by atoms with E-state index in [-0.39, 0.29) is 0 Å². The van der Waals surface area contributed by atoms with Crippen LogP contribution in [-0.4, -0.2) is 4.98 Å². The van der Waals surface area contributed by atoms with Crippen LogP contribution in [0.2, 0.25) is 0 Å². The highest BCUT2D eigenvalue weighted by Gasteiger charge is 2.17. The number of hydrogen-bond donors (Lipinski definition) is 0. The third kappa shape index (κ3) is 5.54. The number of benzene rings is 2. The quantitative estimate of drug-likeness (QED) is 0.313. The van der Waals surface area contributed by atoms with Gasteiger partial charge in [-0.1, -0.05) is 81.1 Å². The zero-order valence-corrected chi connectivity index (χ0v) is 21.5. The van der Waals surface area contributed by atoms with Gasteiger partial charge in [0.2, 0.25) is 0 Å². The van der Waals surface area contributed by atoms with E-state index in [1.807, 2.05) is 24.5 Å².